The molecule has 0 heterocycles. The summed E-state index contributed by atoms with van der Waals surface area (Å²) in [7, 11) is 1.63. The smallest absolute Gasteiger partial charge is 0.111 e. The third-order valence-electron chi connectivity index (χ3n) is 4.42. The topological polar surface area (TPSA) is 9.23 Å². The van der Waals surface area contributed by atoms with Gasteiger partial charge in [0.05, 0.1) is 7.11 Å². The molecular weight excluding hydrogens is 280 g/mol. The second-order valence-electron chi connectivity index (χ2n) is 7.09. The second kappa shape index (κ2) is 8.76. The molecular formula is C22H32O. The standard InChI is InChI=1S/C22H32O/c1-17(10-8-11-18(2)16-20(4)23-7)13-14-21-19(3)12-9-15-22(21,5)6/h8,10-11,13-14,16H,4,9,12,15H2,1-3,5-7H3/b11-8+,14-13+,17-10+,18-16+. The first-order valence-electron chi connectivity index (χ1n) is 8.41. The Bertz CT molecular complexity index is 577. The highest BCUT2D eigenvalue weighted by Gasteiger charge is 2.26. The number of hydrogen-bond donors (Lipinski definition) is 0. The quantitative estimate of drug-likeness (QED) is 0.392. The lowest BCUT2D eigenvalue weighted by molar-refractivity contribution is 0.308. The van der Waals surface area contributed by atoms with Gasteiger partial charge in [0, 0.05) is 0 Å². The van der Waals surface area contributed by atoms with E-state index in [9.17, 15) is 0 Å². The first-order chi connectivity index (χ1) is 10.8. The van der Waals surface area contributed by atoms with Crippen molar-refractivity contribution in [3.05, 3.63) is 71.1 Å². The number of methoxy groups -OCH3 is 1. The third-order valence-corrected chi connectivity index (χ3v) is 4.42. The van der Waals surface area contributed by atoms with Gasteiger partial charge in [0.25, 0.3) is 0 Å². The zero-order valence-corrected chi connectivity index (χ0v) is 15.7. The van der Waals surface area contributed by atoms with Gasteiger partial charge in [-0.1, -0.05) is 62.0 Å². The monoisotopic (exact) mass is 312 g/mol. The second-order valence-corrected chi connectivity index (χ2v) is 7.09. The summed E-state index contributed by atoms with van der Waals surface area (Å²) in [6, 6.07) is 0. The Kier molecular flexibility index (Phi) is 7.35. The molecule has 0 unspecified atom stereocenters. The number of ether oxygens (including phenoxy) is 1. The van der Waals surface area contributed by atoms with Crippen LogP contribution in [-0.2, 0) is 4.74 Å². The highest BCUT2D eigenvalue weighted by molar-refractivity contribution is 5.37. The van der Waals surface area contributed by atoms with Crippen LogP contribution in [-0.4, -0.2) is 7.11 Å². The summed E-state index contributed by atoms with van der Waals surface area (Å²) in [4.78, 5) is 0. The molecule has 0 radical (unpaired) electrons. The van der Waals surface area contributed by atoms with Gasteiger partial charge in [0.1, 0.15) is 5.76 Å². The molecule has 0 aliphatic heterocycles. The fraction of sp³-hybridized carbons (Fsp3) is 0.455. The van der Waals surface area contributed by atoms with Crippen LogP contribution in [0, 0.1) is 5.41 Å². The number of hydrogen-bond acceptors (Lipinski definition) is 1. The van der Waals surface area contributed by atoms with E-state index in [1.807, 2.05) is 13.0 Å². The molecule has 126 valence electrons. The van der Waals surface area contributed by atoms with E-state index in [0.29, 0.717) is 11.2 Å². The van der Waals surface area contributed by atoms with Crippen LogP contribution in [0.4, 0.5) is 0 Å². The molecule has 1 aliphatic rings. The van der Waals surface area contributed by atoms with E-state index in [0.717, 1.165) is 5.57 Å². The maximum atomic E-state index is 5.05. The van der Waals surface area contributed by atoms with Gasteiger partial charge in [-0.15, -0.1) is 0 Å². The first kappa shape index (κ1) is 19.3. The minimum atomic E-state index is 0.300. The summed E-state index contributed by atoms with van der Waals surface area (Å²) in [5, 5.41) is 0. The SMILES string of the molecule is C=C(/C=C(C)/C=C/C=C(C)/C=C/C1=C(C)CCCC1(C)C)OC. The van der Waals surface area contributed by atoms with E-state index in [1.54, 1.807) is 7.11 Å². The minimum Gasteiger partial charge on any atom is -0.497 e. The molecule has 0 aromatic carbocycles. The lowest BCUT2D eigenvalue weighted by Gasteiger charge is -2.32. The van der Waals surface area contributed by atoms with Gasteiger partial charge in [-0.05, 0) is 62.7 Å². The lowest BCUT2D eigenvalue weighted by atomic mass is 9.72. The van der Waals surface area contributed by atoms with Crippen molar-refractivity contribution in [1.29, 1.82) is 0 Å². The maximum Gasteiger partial charge on any atom is 0.111 e. The Morgan fingerprint density at radius 2 is 1.87 bits per heavy atom. The van der Waals surface area contributed by atoms with Crippen LogP contribution in [0.2, 0.25) is 0 Å². The van der Waals surface area contributed by atoms with E-state index in [2.05, 4.69) is 64.7 Å². The Hall–Kier alpha value is -1.76. The van der Waals surface area contributed by atoms with Crippen LogP contribution in [0.3, 0.4) is 0 Å². The van der Waals surface area contributed by atoms with E-state index in [-0.39, 0.29) is 0 Å². The molecule has 0 aromatic rings. The molecule has 0 saturated heterocycles. The van der Waals surface area contributed by atoms with Crippen molar-refractivity contribution in [2.45, 2.75) is 53.9 Å². The van der Waals surface area contributed by atoms with Gasteiger partial charge in [-0.3, -0.25) is 0 Å². The molecule has 0 amide bonds. The van der Waals surface area contributed by atoms with Gasteiger partial charge in [0.2, 0.25) is 0 Å². The molecule has 0 atom stereocenters. The number of rotatable bonds is 6. The summed E-state index contributed by atoms with van der Waals surface area (Å²) >= 11 is 0. The summed E-state index contributed by atoms with van der Waals surface area (Å²) in [6.45, 7) is 15.0. The van der Waals surface area contributed by atoms with Crippen LogP contribution in [0.5, 0.6) is 0 Å². The van der Waals surface area contributed by atoms with Crippen LogP contribution in [0.25, 0.3) is 0 Å². The van der Waals surface area contributed by atoms with Crippen molar-refractivity contribution >= 4 is 0 Å². The Balaban J connectivity index is 2.77. The van der Waals surface area contributed by atoms with E-state index in [4.69, 9.17) is 4.74 Å². The molecule has 23 heavy (non-hydrogen) atoms. The minimum absolute atomic E-state index is 0.300. The van der Waals surface area contributed by atoms with Crippen LogP contribution in [0.1, 0.15) is 53.9 Å². The van der Waals surface area contributed by atoms with Gasteiger partial charge in [-0.25, -0.2) is 0 Å². The van der Waals surface area contributed by atoms with Crippen LogP contribution in [0.15, 0.2) is 71.1 Å². The van der Waals surface area contributed by atoms with Crippen molar-refractivity contribution in [1.82, 2.24) is 0 Å². The lowest BCUT2D eigenvalue weighted by Crippen LogP contribution is -2.19. The summed E-state index contributed by atoms with van der Waals surface area (Å²) in [5.74, 6) is 0.676. The van der Waals surface area contributed by atoms with Gasteiger partial charge < -0.3 is 4.74 Å². The third kappa shape index (κ3) is 6.48. The average Bonchev–Trinajstić information content (AvgIpc) is 2.45. The number of allylic oxidation sites excluding steroid dienone is 10. The Labute approximate surface area is 142 Å². The molecule has 0 fully saturated rings. The normalized spacial score (nSPS) is 19.7. The van der Waals surface area contributed by atoms with Crippen LogP contribution < -0.4 is 0 Å². The van der Waals surface area contributed by atoms with Gasteiger partial charge in [0.15, 0.2) is 0 Å². The summed E-state index contributed by atoms with van der Waals surface area (Å²) in [6.07, 6.45) is 16.6. The zero-order chi connectivity index (χ0) is 17.5. The summed E-state index contributed by atoms with van der Waals surface area (Å²) < 4.78 is 5.05. The maximum absolute atomic E-state index is 5.05. The molecule has 0 saturated carbocycles. The van der Waals surface area contributed by atoms with E-state index >= 15 is 0 Å². The molecule has 0 bridgehead atoms. The Morgan fingerprint density at radius 1 is 1.17 bits per heavy atom. The van der Waals surface area contributed by atoms with Crippen LogP contribution >= 0.6 is 0 Å². The molecule has 1 heteroatoms. The molecule has 1 rings (SSSR count). The van der Waals surface area contributed by atoms with E-state index < -0.39 is 0 Å². The predicted molar refractivity (Wildman–Crippen MR) is 102 cm³/mol. The van der Waals surface area contributed by atoms with Crippen molar-refractivity contribution in [3.63, 3.8) is 0 Å². The highest BCUT2D eigenvalue weighted by Crippen LogP contribution is 2.40. The van der Waals surface area contributed by atoms with Crippen molar-refractivity contribution < 1.29 is 4.74 Å². The van der Waals surface area contributed by atoms with Gasteiger partial charge >= 0.3 is 0 Å². The summed E-state index contributed by atoms with van der Waals surface area (Å²) in [5.41, 5.74) is 5.72. The Morgan fingerprint density at radius 3 is 2.48 bits per heavy atom. The van der Waals surface area contributed by atoms with Crippen molar-refractivity contribution in [2.24, 2.45) is 5.41 Å². The van der Waals surface area contributed by atoms with Crippen molar-refractivity contribution in [3.8, 4) is 0 Å². The molecule has 0 aromatic heterocycles. The predicted octanol–water partition coefficient (Wildman–Crippen LogP) is 6.68. The average molecular weight is 312 g/mol. The molecule has 1 nitrogen and oxygen atoms in total. The molecule has 1 aliphatic carbocycles. The van der Waals surface area contributed by atoms with E-state index in [1.165, 1.54) is 36.0 Å². The van der Waals surface area contributed by atoms with Crippen molar-refractivity contribution in [2.75, 3.05) is 7.11 Å². The first-order valence-corrected chi connectivity index (χ1v) is 8.41. The van der Waals surface area contributed by atoms with Gasteiger partial charge in [-0.2, -0.15) is 0 Å². The fourth-order valence-electron chi connectivity index (χ4n) is 2.99. The largest absolute Gasteiger partial charge is 0.497 e. The zero-order valence-electron chi connectivity index (χ0n) is 15.7. The molecule has 0 spiro atoms. The molecule has 0 N–H and O–H groups in total. The fourth-order valence-corrected chi connectivity index (χ4v) is 2.99. The highest BCUT2D eigenvalue weighted by atomic mass is 16.5.